The van der Waals surface area contributed by atoms with Crippen LogP contribution >= 0.6 is 21.4 Å². The smallest absolute Gasteiger partial charge is 0.870 e. The largest absolute Gasteiger partial charge is 1.00 e. The standard InChI is InChI=1S/C10H13NO.C9H10ClNO3S.C9H11NO.C8H11N.ClHO3S.Na.H2O/c1-8-4-6-10(7-5-8)11(3)9(2)12;1-7(12)11(2)8-3-5-9(6-4-8)15(10,13)14;1-8(11)10(2)9-6-4-3-5-7-9;1-7-3-5-8(9-2)6-4-7;1-5(2,3)4;;/h4-7H,1-3H3;3-6H,1-2H3;3-7H,1-2H3;3-6,9H,1-2H3;(H,2,3,4);;1H2/q;;;;;+1;/p-1. The molecule has 4 rings (SSSR count). The van der Waals surface area contributed by atoms with Crippen molar-refractivity contribution in [2.24, 2.45) is 0 Å². The Balaban J connectivity index is -0.000000616. The van der Waals surface area contributed by atoms with Crippen LogP contribution in [0.5, 0.6) is 0 Å². The summed E-state index contributed by atoms with van der Waals surface area (Å²) in [5.41, 5.74) is 6.16. The molecule has 0 fully saturated rings. The maximum atomic E-state index is 11.0. The van der Waals surface area contributed by atoms with Crippen molar-refractivity contribution < 1.29 is 70.8 Å². The van der Waals surface area contributed by atoms with Gasteiger partial charge in [0.05, 0.1) is 4.90 Å². The third-order valence-corrected chi connectivity index (χ3v) is 8.20. The van der Waals surface area contributed by atoms with Crippen molar-refractivity contribution in [2.75, 3.05) is 48.2 Å². The summed E-state index contributed by atoms with van der Waals surface area (Å²) < 4.78 is 47.0. The van der Waals surface area contributed by atoms with Crippen molar-refractivity contribution in [2.45, 2.75) is 39.5 Å². The van der Waals surface area contributed by atoms with E-state index < -0.39 is 18.4 Å². The first-order valence-corrected chi connectivity index (χ1v) is 19.9. The zero-order valence-electron chi connectivity index (χ0n) is 32.0. The van der Waals surface area contributed by atoms with Gasteiger partial charge in [0.25, 0.3) is 9.05 Å². The summed E-state index contributed by atoms with van der Waals surface area (Å²) in [6.07, 6.45) is 0. The minimum Gasteiger partial charge on any atom is -0.870 e. The number of hydrogen-bond donors (Lipinski definition) is 2. The molecular weight excluding hydrogens is 790 g/mol. The minimum atomic E-state index is -4.19. The molecule has 0 saturated heterocycles. The molecule has 18 heteroatoms. The fourth-order valence-electron chi connectivity index (χ4n) is 3.52. The Labute approximate surface area is 350 Å². The van der Waals surface area contributed by atoms with Crippen molar-refractivity contribution in [3.8, 4) is 0 Å². The number of para-hydroxylation sites is 1. The Bertz CT molecular complexity index is 1910. The van der Waals surface area contributed by atoms with Crippen LogP contribution in [0.25, 0.3) is 0 Å². The Kier molecular flexibility index (Phi) is 27.5. The van der Waals surface area contributed by atoms with E-state index in [0.717, 1.165) is 11.4 Å². The number of aryl methyl sites for hydroxylation is 2. The van der Waals surface area contributed by atoms with Gasteiger partial charge in [0, 0.05) is 93.1 Å². The van der Waals surface area contributed by atoms with Crippen LogP contribution in [-0.4, -0.2) is 72.8 Å². The summed E-state index contributed by atoms with van der Waals surface area (Å²) in [6.45, 7) is 8.63. The van der Waals surface area contributed by atoms with Gasteiger partial charge in [-0.05, 0) is 74.5 Å². The second kappa shape index (κ2) is 27.1. The number of nitrogens with one attached hydrogen (secondary N) is 1. The van der Waals surface area contributed by atoms with Crippen LogP contribution in [0, 0.1) is 13.8 Å². The molecule has 0 atom stereocenters. The quantitative estimate of drug-likeness (QED) is 0.168. The number of hydrogen-bond acceptors (Lipinski definition) is 9. The molecule has 0 aliphatic heterocycles. The topological polar surface area (TPSA) is 191 Å². The van der Waals surface area contributed by atoms with Crippen molar-refractivity contribution in [1.82, 2.24) is 0 Å². The SMILES string of the molecule is CC(=O)N(C)c1ccc(C)cc1.CC(=O)N(C)c1ccc(S(=O)(=O)Cl)cc1.CC(=O)N(C)c1ccccc1.CNc1ccc(C)cc1.O=S(=O)(O)Cl.[Na+].[OH-]. The monoisotopic (exact) mass is 836 g/mol. The second-order valence-corrected chi connectivity index (χ2v) is 15.4. The Hall–Kier alpha value is -3.51. The molecule has 54 heavy (non-hydrogen) atoms. The third-order valence-electron chi connectivity index (χ3n) is 6.83. The van der Waals surface area contributed by atoms with Crippen LogP contribution in [-0.2, 0) is 32.8 Å². The number of amides is 3. The van der Waals surface area contributed by atoms with Gasteiger partial charge in [-0.25, -0.2) is 8.42 Å². The predicted octanol–water partition coefficient (Wildman–Crippen LogP) is 4.14. The molecule has 4 aromatic carbocycles. The third kappa shape index (κ3) is 24.7. The van der Waals surface area contributed by atoms with E-state index in [9.17, 15) is 22.8 Å². The van der Waals surface area contributed by atoms with Crippen molar-refractivity contribution in [3.63, 3.8) is 0 Å². The summed E-state index contributed by atoms with van der Waals surface area (Å²) in [4.78, 5) is 37.5. The number of nitrogens with zero attached hydrogens (tertiary/aromatic N) is 3. The van der Waals surface area contributed by atoms with Crippen LogP contribution in [0.4, 0.5) is 22.7 Å². The average Bonchev–Trinajstić information content (AvgIpc) is 3.08. The van der Waals surface area contributed by atoms with E-state index in [1.807, 2.05) is 68.6 Å². The zero-order chi connectivity index (χ0) is 40.2. The number of benzene rings is 4. The number of carbonyl (C=O) groups excluding carboxylic acids is 3. The zero-order valence-corrected chi connectivity index (χ0v) is 37.1. The Morgan fingerprint density at radius 2 is 0.852 bits per heavy atom. The van der Waals surface area contributed by atoms with Crippen LogP contribution < -0.4 is 49.6 Å². The fraction of sp³-hybridized carbons (Fsp3) is 0.250. The van der Waals surface area contributed by atoms with E-state index in [-0.39, 0.29) is 57.7 Å². The van der Waals surface area contributed by atoms with E-state index in [1.54, 1.807) is 44.8 Å². The van der Waals surface area contributed by atoms with Crippen molar-refractivity contribution in [1.29, 1.82) is 0 Å². The van der Waals surface area contributed by atoms with Crippen molar-refractivity contribution >= 4 is 80.2 Å². The van der Waals surface area contributed by atoms with Gasteiger partial charge in [-0.3, -0.25) is 18.9 Å². The first kappa shape index (κ1) is 54.8. The number of anilines is 4. The number of halogens is 2. The summed E-state index contributed by atoms with van der Waals surface area (Å²) in [6, 6.07) is 31.5. The summed E-state index contributed by atoms with van der Waals surface area (Å²) in [7, 11) is 8.37. The average molecular weight is 838 g/mol. The van der Waals surface area contributed by atoms with Crippen LogP contribution in [0.2, 0.25) is 0 Å². The minimum absolute atomic E-state index is 0. The molecule has 292 valence electrons. The van der Waals surface area contributed by atoms with Crippen LogP contribution in [0.3, 0.4) is 0 Å². The molecule has 13 nitrogen and oxygen atoms in total. The maximum absolute atomic E-state index is 11.0. The summed E-state index contributed by atoms with van der Waals surface area (Å²) in [5.74, 6) is -0.0217. The molecule has 4 aromatic rings. The summed E-state index contributed by atoms with van der Waals surface area (Å²) in [5, 5.41) is 3.05. The molecule has 0 aromatic heterocycles. The van der Waals surface area contributed by atoms with Gasteiger partial charge in [0.2, 0.25) is 17.7 Å². The second-order valence-electron chi connectivity index (χ2n) is 10.9. The predicted molar refractivity (Wildman–Crippen MR) is 214 cm³/mol. The molecule has 0 spiro atoms. The maximum Gasteiger partial charge on any atom is 1.00 e. The van der Waals surface area contributed by atoms with E-state index in [0.29, 0.717) is 5.69 Å². The molecule has 0 aliphatic carbocycles. The van der Waals surface area contributed by atoms with E-state index in [2.05, 4.69) is 47.2 Å². The van der Waals surface area contributed by atoms with Crippen LogP contribution in [0.1, 0.15) is 31.9 Å². The summed E-state index contributed by atoms with van der Waals surface area (Å²) >= 11 is 0. The first-order valence-electron chi connectivity index (χ1n) is 15.3. The Morgan fingerprint density at radius 1 is 0.574 bits per heavy atom. The van der Waals surface area contributed by atoms with Gasteiger partial charge < -0.3 is 25.5 Å². The van der Waals surface area contributed by atoms with E-state index >= 15 is 0 Å². The normalized spacial score (nSPS) is 9.70. The van der Waals surface area contributed by atoms with Gasteiger partial charge in [-0.1, -0.05) is 53.6 Å². The molecule has 0 aliphatic rings. The number of carbonyl (C=O) groups is 3. The molecule has 0 heterocycles. The fourth-order valence-corrected chi connectivity index (χ4v) is 4.29. The first-order chi connectivity index (χ1) is 24.0. The van der Waals surface area contributed by atoms with Gasteiger partial charge in [-0.15, -0.1) is 0 Å². The van der Waals surface area contributed by atoms with Crippen molar-refractivity contribution in [3.05, 3.63) is 114 Å². The van der Waals surface area contributed by atoms with E-state index in [1.165, 1.54) is 52.9 Å². The van der Waals surface area contributed by atoms with Gasteiger partial charge in [0.15, 0.2) is 0 Å². The van der Waals surface area contributed by atoms with E-state index in [4.69, 9.17) is 23.7 Å². The van der Waals surface area contributed by atoms with Gasteiger partial charge in [0.1, 0.15) is 0 Å². The molecule has 3 N–H and O–H groups in total. The molecule has 0 unspecified atom stereocenters. The molecule has 0 radical (unpaired) electrons. The molecule has 0 saturated carbocycles. The van der Waals surface area contributed by atoms with Gasteiger partial charge >= 0.3 is 38.9 Å². The molecule has 0 bridgehead atoms. The molecule has 3 amide bonds. The van der Waals surface area contributed by atoms with Crippen LogP contribution in [0.15, 0.2) is 108 Å². The molecular formula is C36H47Cl2N4NaO9S2. The number of rotatable bonds is 5. The Morgan fingerprint density at radius 3 is 1.13 bits per heavy atom. The van der Waals surface area contributed by atoms with Gasteiger partial charge in [-0.2, -0.15) is 8.42 Å².